The molecule has 0 bridgehead atoms. The summed E-state index contributed by atoms with van der Waals surface area (Å²) in [5.41, 5.74) is 1.10. The van der Waals surface area contributed by atoms with Crippen molar-refractivity contribution in [3.63, 3.8) is 0 Å². The van der Waals surface area contributed by atoms with Crippen molar-refractivity contribution in [3.05, 3.63) is 24.3 Å². The number of rotatable bonds is 11. The molecule has 0 aliphatic heterocycles. The van der Waals surface area contributed by atoms with Crippen LogP contribution >= 0.6 is 0 Å². The molecule has 0 spiro atoms. The molecule has 0 radical (unpaired) electrons. The topological polar surface area (TPSA) is 67.4 Å². The number of hydrogen-bond donors (Lipinski definition) is 2. The van der Waals surface area contributed by atoms with Gasteiger partial charge in [-0.1, -0.05) is 6.42 Å². The first-order valence-electron chi connectivity index (χ1n) is 9.46. The maximum atomic E-state index is 11.6. The Morgan fingerprint density at radius 3 is 2.32 bits per heavy atom. The molecule has 2 N–H and O–H groups in total. The zero-order chi connectivity index (χ0) is 18.1. The van der Waals surface area contributed by atoms with Crippen LogP contribution in [0.2, 0.25) is 0 Å². The van der Waals surface area contributed by atoms with Gasteiger partial charge in [0.1, 0.15) is 5.75 Å². The summed E-state index contributed by atoms with van der Waals surface area (Å²) in [5.74, 6) is 0.954. The van der Waals surface area contributed by atoms with E-state index in [1.807, 2.05) is 12.1 Å². The van der Waals surface area contributed by atoms with E-state index in [2.05, 4.69) is 22.2 Å². The predicted molar refractivity (Wildman–Crippen MR) is 104 cm³/mol. The first-order chi connectivity index (χ1) is 12.0. The fourth-order valence-corrected chi connectivity index (χ4v) is 3.65. The first kappa shape index (κ1) is 20.0. The lowest BCUT2D eigenvalue weighted by Gasteiger charge is -2.13. The average molecular weight is 369 g/mol. The lowest BCUT2D eigenvalue weighted by molar-refractivity contribution is 0.210. The quantitative estimate of drug-likeness (QED) is 0.581. The maximum absolute atomic E-state index is 11.6. The number of benzene rings is 1. The average Bonchev–Trinajstić information content (AvgIpc) is 3.08. The molecule has 0 amide bonds. The molecule has 1 aliphatic rings. The molecule has 1 saturated carbocycles. The highest BCUT2D eigenvalue weighted by atomic mass is 32.2. The van der Waals surface area contributed by atoms with E-state index in [0.29, 0.717) is 12.6 Å². The molecule has 0 atom stereocenters. The SMILES string of the molecule is CC(C)S(=O)(=O)NCCCCCNc1ccc(OC2CCCC2)cc1. The van der Waals surface area contributed by atoms with Gasteiger partial charge >= 0.3 is 0 Å². The van der Waals surface area contributed by atoms with Crippen LogP contribution in [0.3, 0.4) is 0 Å². The normalized spacial score (nSPS) is 15.6. The number of sulfonamides is 1. The fourth-order valence-electron chi connectivity index (χ4n) is 2.89. The van der Waals surface area contributed by atoms with Crippen molar-refractivity contribution in [2.75, 3.05) is 18.4 Å². The first-order valence-corrected chi connectivity index (χ1v) is 11.0. The number of unbranched alkanes of at least 4 members (excludes halogenated alkanes) is 2. The largest absolute Gasteiger partial charge is 0.490 e. The summed E-state index contributed by atoms with van der Waals surface area (Å²) in [7, 11) is -3.12. The Morgan fingerprint density at radius 1 is 1.04 bits per heavy atom. The van der Waals surface area contributed by atoms with Crippen LogP contribution in [0, 0.1) is 0 Å². The van der Waals surface area contributed by atoms with E-state index in [9.17, 15) is 8.42 Å². The third kappa shape index (κ3) is 7.24. The molecule has 2 rings (SSSR count). The Hall–Kier alpha value is -1.27. The zero-order valence-corrected chi connectivity index (χ0v) is 16.3. The molecule has 1 aromatic carbocycles. The molecule has 25 heavy (non-hydrogen) atoms. The van der Waals surface area contributed by atoms with Crippen LogP contribution in [0.4, 0.5) is 5.69 Å². The van der Waals surface area contributed by atoms with Crippen molar-refractivity contribution in [1.82, 2.24) is 4.72 Å². The predicted octanol–water partition coefficient (Wildman–Crippen LogP) is 3.92. The Balaban J connectivity index is 1.56. The minimum atomic E-state index is -3.12. The minimum absolute atomic E-state index is 0.366. The molecule has 6 heteroatoms. The van der Waals surface area contributed by atoms with Crippen molar-refractivity contribution >= 4 is 15.7 Å². The Kier molecular flexibility index (Phi) is 8.03. The minimum Gasteiger partial charge on any atom is -0.490 e. The standard InChI is InChI=1S/C19H32N2O3S/c1-16(2)25(22,23)21-15-7-3-6-14-20-17-10-12-19(13-11-17)24-18-8-4-5-9-18/h10-13,16,18,20-21H,3-9,14-15H2,1-2H3. The van der Waals surface area contributed by atoms with E-state index in [0.717, 1.165) is 37.2 Å². The Labute approximate surface area is 152 Å². The molecular weight excluding hydrogens is 336 g/mol. The highest BCUT2D eigenvalue weighted by Crippen LogP contribution is 2.24. The molecular formula is C19H32N2O3S. The number of anilines is 1. The second-order valence-corrected chi connectivity index (χ2v) is 9.35. The molecule has 142 valence electrons. The van der Waals surface area contributed by atoms with E-state index < -0.39 is 10.0 Å². The lowest BCUT2D eigenvalue weighted by atomic mass is 10.2. The van der Waals surface area contributed by atoms with Gasteiger partial charge in [0.15, 0.2) is 0 Å². The van der Waals surface area contributed by atoms with E-state index in [-0.39, 0.29) is 5.25 Å². The van der Waals surface area contributed by atoms with Crippen LogP contribution in [0.5, 0.6) is 5.75 Å². The Bertz CT molecular complexity index is 594. The maximum Gasteiger partial charge on any atom is 0.213 e. The van der Waals surface area contributed by atoms with Crippen molar-refractivity contribution < 1.29 is 13.2 Å². The summed E-state index contributed by atoms with van der Waals surface area (Å²) >= 11 is 0. The van der Waals surface area contributed by atoms with Crippen molar-refractivity contribution in [1.29, 1.82) is 0 Å². The third-order valence-corrected chi connectivity index (χ3v) is 6.41. The highest BCUT2D eigenvalue weighted by molar-refractivity contribution is 7.90. The third-order valence-electron chi connectivity index (χ3n) is 4.57. The van der Waals surface area contributed by atoms with Crippen LogP contribution in [-0.2, 0) is 10.0 Å². The van der Waals surface area contributed by atoms with Crippen molar-refractivity contribution in [3.8, 4) is 5.75 Å². The summed E-state index contributed by atoms with van der Waals surface area (Å²) in [6.07, 6.45) is 8.18. The number of ether oxygens (including phenoxy) is 1. The highest BCUT2D eigenvalue weighted by Gasteiger charge is 2.16. The molecule has 0 aromatic heterocycles. The fraction of sp³-hybridized carbons (Fsp3) is 0.684. The molecule has 0 unspecified atom stereocenters. The summed E-state index contributed by atoms with van der Waals surface area (Å²) in [5, 5.41) is 3.03. The van der Waals surface area contributed by atoms with Gasteiger partial charge in [-0.25, -0.2) is 13.1 Å². The second-order valence-electron chi connectivity index (χ2n) is 7.02. The van der Waals surface area contributed by atoms with Gasteiger partial charge in [-0.05, 0) is 76.6 Å². The van der Waals surface area contributed by atoms with Crippen molar-refractivity contribution in [2.45, 2.75) is 70.1 Å². The molecule has 0 heterocycles. The number of nitrogens with one attached hydrogen (secondary N) is 2. The van der Waals surface area contributed by atoms with Gasteiger partial charge in [0.05, 0.1) is 11.4 Å². The summed E-state index contributed by atoms with van der Waals surface area (Å²) in [6.45, 7) is 4.79. The van der Waals surface area contributed by atoms with E-state index in [1.165, 1.54) is 25.7 Å². The van der Waals surface area contributed by atoms with Crippen LogP contribution in [0.25, 0.3) is 0 Å². The van der Waals surface area contributed by atoms with Gasteiger partial charge in [-0.15, -0.1) is 0 Å². The molecule has 1 aromatic rings. The van der Waals surface area contributed by atoms with E-state index in [4.69, 9.17) is 4.74 Å². The second kappa shape index (κ2) is 10.0. The van der Waals surface area contributed by atoms with E-state index in [1.54, 1.807) is 13.8 Å². The van der Waals surface area contributed by atoms with Gasteiger partial charge in [0.2, 0.25) is 10.0 Å². The smallest absolute Gasteiger partial charge is 0.213 e. The van der Waals surface area contributed by atoms with Gasteiger partial charge in [-0.3, -0.25) is 0 Å². The zero-order valence-electron chi connectivity index (χ0n) is 15.5. The van der Waals surface area contributed by atoms with Crippen molar-refractivity contribution in [2.24, 2.45) is 0 Å². The molecule has 5 nitrogen and oxygen atoms in total. The van der Waals surface area contributed by atoms with Crippen LogP contribution in [0.1, 0.15) is 58.8 Å². The van der Waals surface area contributed by atoms with Crippen LogP contribution < -0.4 is 14.8 Å². The van der Waals surface area contributed by atoms with Gasteiger partial charge in [0.25, 0.3) is 0 Å². The van der Waals surface area contributed by atoms with Gasteiger partial charge < -0.3 is 10.1 Å². The van der Waals surface area contributed by atoms with Gasteiger partial charge in [0, 0.05) is 18.8 Å². The van der Waals surface area contributed by atoms with Crippen LogP contribution in [-0.4, -0.2) is 32.9 Å². The summed E-state index contributed by atoms with van der Waals surface area (Å²) in [6, 6.07) is 8.17. The van der Waals surface area contributed by atoms with E-state index >= 15 is 0 Å². The van der Waals surface area contributed by atoms with Crippen LogP contribution in [0.15, 0.2) is 24.3 Å². The summed E-state index contributed by atoms with van der Waals surface area (Å²) in [4.78, 5) is 0. The van der Waals surface area contributed by atoms with Gasteiger partial charge in [-0.2, -0.15) is 0 Å². The summed E-state index contributed by atoms with van der Waals surface area (Å²) < 4.78 is 31.8. The Morgan fingerprint density at radius 2 is 1.68 bits per heavy atom. The monoisotopic (exact) mass is 368 g/mol. The number of hydrogen-bond acceptors (Lipinski definition) is 4. The lowest BCUT2D eigenvalue weighted by Crippen LogP contribution is -2.31. The molecule has 1 fully saturated rings. The molecule has 1 aliphatic carbocycles. The molecule has 0 saturated heterocycles.